The van der Waals surface area contributed by atoms with Gasteiger partial charge in [-0.05, 0) is 18.1 Å². The molecule has 0 saturated carbocycles. The smallest absolute Gasteiger partial charge is 0.463 e. The van der Waals surface area contributed by atoms with Crippen LogP contribution in [0, 0.1) is 0 Å². The summed E-state index contributed by atoms with van der Waals surface area (Å²) >= 11 is 0. The standard InChI is InChI=1S/C15H22O5Si/c1-17-21(18-2,19-3)13-7-12-20-15(16)11-10-14-8-5-4-6-9-14/h4-6,8-11H,7,12-13H2,1-3H3/b11-10+. The summed E-state index contributed by atoms with van der Waals surface area (Å²) in [6, 6.07) is 10.2. The first-order valence-electron chi connectivity index (χ1n) is 6.71. The number of ether oxygens (including phenoxy) is 1. The van der Waals surface area contributed by atoms with Crippen molar-refractivity contribution in [2.75, 3.05) is 27.9 Å². The molecule has 0 atom stereocenters. The van der Waals surface area contributed by atoms with E-state index in [4.69, 9.17) is 18.0 Å². The lowest BCUT2D eigenvalue weighted by Gasteiger charge is -2.23. The Morgan fingerprint density at radius 2 is 1.71 bits per heavy atom. The third-order valence-electron chi connectivity index (χ3n) is 3.02. The van der Waals surface area contributed by atoms with Crippen molar-refractivity contribution in [3.8, 4) is 0 Å². The summed E-state index contributed by atoms with van der Waals surface area (Å²) in [5.74, 6) is -0.363. The number of carbonyl (C=O) groups excluding carboxylic acids is 1. The van der Waals surface area contributed by atoms with Crippen LogP contribution in [0.15, 0.2) is 36.4 Å². The number of carbonyl (C=O) groups is 1. The fourth-order valence-electron chi connectivity index (χ4n) is 1.79. The van der Waals surface area contributed by atoms with Crippen molar-refractivity contribution >= 4 is 20.8 Å². The van der Waals surface area contributed by atoms with Crippen molar-refractivity contribution < 1.29 is 22.8 Å². The van der Waals surface area contributed by atoms with Gasteiger partial charge in [0, 0.05) is 33.4 Å². The largest absolute Gasteiger partial charge is 0.500 e. The van der Waals surface area contributed by atoms with Gasteiger partial charge in [0.05, 0.1) is 6.61 Å². The maximum absolute atomic E-state index is 11.6. The van der Waals surface area contributed by atoms with Gasteiger partial charge in [-0.1, -0.05) is 30.3 Å². The van der Waals surface area contributed by atoms with Crippen molar-refractivity contribution in [3.63, 3.8) is 0 Å². The zero-order chi connectivity index (χ0) is 15.6. The van der Waals surface area contributed by atoms with Gasteiger partial charge in [0.2, 0.25) is 0 Å². The van der Waals surface area contributed by atoms with Crippen LogP contribution in [-0.2, 0) is 22.8 Å². The first-order valence-corrected chi connectivity index (χ1v) is 8.64. The molecule has 5 nitrogen and oxygen atoms in total. The van der Waals surface area contributed by atoms with Gasteiger partial charge in [0.15, 0.2) is 0 Å². The number of esters is 1. The second-order valence-corrected chi connectivity index (χ2v) is 7.40. The Labute approximate surface area is 126 Å². The fourth-order valence-corrected chi connectivity index (χ4v) is 3.48. The molecule has 1 rings (SSSR count). The molecule has 0 spiro atoms. The van der Waals surface area contributed by atoms with Crippen LogP contribution in [0.25, 0.3) is 6.08 Å². The van der Waals surface area contributed by atoms with Crippen LogP contribution in [0.2, 0.25) is 6.04 Å². The zero-order valence-corrected chi connectivity index (χ0v) is 13.7. The summed E-state index contributed by atoms with van der Waals surface area (Å²) in [6.45, 7) is 0.308. The molecule has 1 aromatic carbocycles. The minimum atomic E-state index is -2.57. The quantitative estimate of drug-likeness (QED) is 0.304. The zero-order valence-electron chi connectivity index (χ0n) is 12.7. The SMILES string of the molecule is CO[Si](CCCOC(=O)/C=C/c1ccccc1)(OC)OC. The third-order valence-corrected chi connectivity index (χ3v) is 5.85. The number of hydrogen-bond donors (Lipinski definition) is 0. The Morgan fingerprint density at radius 1 is 1.10 bits per heavy atom. The second-order valence-electron chi connectivity index (χ2n) is 4.31. The number of hydrogen-bond acceptors (Lipinski definition) is 5. The van der Waals surface area contributed by atoms with E-state index in [0.717, 1.165) is 5.56 Å². The van der Waals surface area contributed by atoms with E-state index in [0.29, 0.717) is 19.1 Å². The van der Waals surface area contributed by atoms with Gasteiger partial charge >= 0.3 is 14.8 Å². The predicted molar refractivity (Wildman–Crippen MR) is 82.6 cm³/mol. The van der Waals surface area contributed by atoms with Gasteiger partial charge in [0.25, 0.3) is 0 Å². The Hall–Kier alpha value is -1.47. The molecule has 0 N–H and O–H groups in total. The molecule has 0 saturated heterocycles. The van der Waals surface area contributed by atoms with E-state index in [2.05, 4.69) is 0 Å². The van der Waals surface area contributed by atoms with Crippen LogP contribution in [0.4, 0.5) is 0 Å². The predicted octanol–water partition coefficient (Wildman–Crippen LogP) is 2.51. The number of rotatable bonds is 9. The van der Waals surface area contributed by atoms with Crippen LogP contribution in [0.3, 0.4) is 0 Å². The van der Waals surface area contributed by atoms with Crippen molar-refractivity contribution in [1.29, 1.82) is 0 Å². The monoisotopic (exact) mass is 310 g/mol. The Balaban J connectivity index is 2.29. The van der Waals surface area contributed by atoms with Crippen molar-refractivity contribution in [2.45, 2.75) is 12.5 Å². The van der Waals surface area contributed by atoms with Crippen molar-refractivity contribution in [3.05, 3.63) is 42.0 Å². The van der Waals surface area contributed by atoms with Gasteiger partial charge in [0.1, 0.15) is 0 Å². The number of benzene rings is 1. The molecule has 0 radical (unpaired) electrons. The third kappa shape index (κ3) is 6.22. The highest BCUT2D eigenvalue weighted by Gasteiger charge is 2.36. The average molecular weight is 310 g/mol. The van der Waals surface area contributed by atoms with Crippen LogP contribution in [0.1, 0.15) is 12.0 Å². The molecule has 1 aromatic rings. The van der Waals surface area contributed by atoms with Crippen LogP contribution in [0.5, 0.6) is 0 Å². The van der Waals surface area contributed by atoms with Crippen LogP contribution < -0.4 is 0 Å². The molecular formula is C15H22O5Si. The van der Waals surface area contributed by atoms with E-state index in [1.165, 1.54) is 6.08 Å². The van der Waals surface area contributed by atoms with Gasteiger partial charge in [-0.3, -0.25) is 0 Å². The van der Waals surface area contributed by atoms with Crippen molar-refractivity contribution in [2.24, 2.45) is 0 Å². The summed E-state index contributed by atoms with van der Waals surface area (Å²) in [7, 11) is 2.12. The minimum absolute atomic E-state index is 0.308. The lowest BCUT2D eigenvalue weighted by Crippen LogP contribution is -2.42. The highest BCUT2D eigenvalue weighted by Crippen LogP contribution is 2.14. The van der Waals surface area contributed by atoms with Gasteiger partial charge in [-0.2, -0.15) is 0 Å². The summed E-state index contributed by atoms with van der Waals surface area (Å²) in [6.07, 6.45) is 3.77. The van der Waals surface area contributed by atoms with Gasteiger partial charge < -0.3 is 18.0 Å². The summed E-state index contributed by atoms with van der Waals surface area (Å²) in [4.78, 5) is 11.6. The molecule has 0 bridgehead atoms. The summed E-state index contributed by atoms with van der Waals surface area (Å²) in [5, 5.41) is 0. The lowest BCUT2D eigenvalue weighted by molar-refractivity contribution is -0.137. The van der Waals surface area contributed by atoms with Gasteiger partial charge in [-0.25, -0.2) is 4.79 Å². The molecule has 0 aromatic heterocycles. The van der Waals surface area contributed by atoms with Crippen LogP contribution in [-0.4, -0.2) is 42.7 Å². The normalized spacial score (nSPS) is 11.8. The molecule has 0 aliphatic heterocycles. The van der Waals surface area contributed by atoms with Crippen molar-refractivity contribution in [1.82, 2.24) is 0 Å². The molecule has 0 unspecified atom stereocenters. The summed E-state index contributed by atoms with van der Waals surface area (Å²) < 4.78 is 21.0. The Bertz CT molecular complexity index is 434. The molecule has 21 heavy (non-hydrogen) atoms. The van der Waals surface area contributed by atoms with E-state index < -0.39 is 8.80 Å². The molecular weight excluding hydrogens is 288 g/mol. The maximum Gasteiger partial charge on any atom is 0.500 e. The molecule has 0 amide bonds. The molecule has 116 valence electrons. The molecule has 0 aliphatic carbocycles. The van der Waals surface area contributed by atoms with E-state index in [-0.39, 0.29) is 5.97 Å². The second kappa shape index (κ2) is 9.46. The van der Waals surface area contributed by atoms with E-state index in [1.54, 1.807) is 27.4 Å². The summed E-state index contributed by atoms with van der Waals surface area (Å²) in [5.41, 5.74) is 0.957. The molecule has 0 aliphatic rings. The lowest BCUT2D eigenvalue weighted by atomic mass is 10.2. The maximum atomic E-state index is 11.6. The minimum Gasteiger partial charge on any atom is -0.463 e. The molecule has 6 heteroatoms. The highest BCUT2D eigenvalue weighted by molar-refractivity contribution is 6.60. The topological polar surface area (TPSA) is 54.0 Å². The van der Waals surface area contributed by atoms with E-state index in [1.807, 2.05) is 30.3 Å². The van der Waals surface area contributed by atoms with Crippen LogP contribution >= 0.6 is 0 Å². The first-order chi connectivity index (χ1) is 10.2. The van der Waals surface area contributed by atoms with E-state index in [9.17, 15) is 4.79 Å². The fraction of sp³-hybridized carbons (Fsp3) is 0.400. The Kier molecular flexibility index (Phi) is 7.92. The average Bonchev–Trinajstić information content (AvgIpc) is 2.55. The first kappa shape index (κ1) is 17.6. The van der Waals surface area contributed by atoms with Gasteiger partial charge in [-0.15, -0.1) is 0 Å². The molecule has 0 fully saturated rings. The van der Waals surface area contributed by atoms with E-state index >= 15 is 0 Å². The Morgan fingerprint density at radius 3 is 2.29 bits per heavy atom. The highest BCUT2D eigenvalue weighted by atomic mass is 28.4. The molecule has 0 heterocycles.